The van der Waals surface area contributed by atoms with E-state index in [2.05, 4.69) is 50.2 Å². The summed E-state index contributed by atoms with van der Waals surface area (Å²) in [5.74, 6) is -0.292. The maximum absolute atomic E-state index is 15.4. The maximum Gasteiger partial charge on any atom is 0.278 e. The van der Waals surface area contributed by atoms with Gasteiger partial charge in [-0.2, -0.15) is 4.98 Å². The van der Waals surface area contributed by atoms with Crippen LogP contribution in [0.4, 0.5) is 21.7 Å². The molecule has 2 atom stereocenters. The first-order valence-corrected chi connectivity index (χ1v) is 23.4. The molecule has 3 aromatic heterocycles. The summed E-state index contributed by atoms with van der Waals surface area (Å²) in [4.78, 5) is 73.8. The van der Waals surface area contributed by atoms with Gasteiger partial charge in [-0.25, -0.2) is 23.7 Å². The van der Waals surface area contributed by atoms with Gasteiger partial charge in [0.15, 0.2) is 11.5 Å². The number of anilines is 3. The predicted octanol–water partition coefficient (Wildman–Crippen LogP) is 4.31. The molecule has 6 aliphatic rings. The van der Waals surface area contributed by atoms with Crippen LogP contribution in [0.2, 0.25) is 0 Å². The smallest absolute Gasteiger partial charge is 0.278 e. The van der Waals surface area contributed by atoms with Gasteiger partial charge in [0.25, 0.3) is 11.5 Å². The quantitative estimate of drug-likeness (QED) is 0.127. The number of carbonyl (C=O) groups is 3. The molecule has 17 heteroatoms. The van der Waals surface area contributed by atoms with Gasteiger partial charge in [0.1, 0.15) is 22.8 Å². The van der Waals surface area contributed by atoms with Gasteiger partial charge in [0, 0.05) is 75.1 Å². The minimum Gasteiger partial charge on any atom is -0.384 e. The zero-order chi connectivity index (χ0) is 45.4. The van der Waals surface area contributed by atoms with Crippen LogP contribution in [-0.2, 0) is 47.7 Å². The molecular formula is C49H54FN11O5. The van der Waals surface area contributed by atoms with E-state index in [1.165, 1.54) is 22.1 Å². The summed E-state index contributed by atoms with van der Waals surface area (Å²) < 4.78 is 18.7. The van der Waals surface area contributed by atoms with Crippen LogP contribution in [0.15, 0.2) is 66.1 Å². The van der Waals surface area contributed by atoms with Crippen LogP contribution in [0.25, 0.3) is 16.9 Å². The third-order valence-electron chi connectivity index (χ3n) is 15.0. The lowest BCUT2D eigenvalue weighted by molar-refractivity contribution is -0.136. The van der Waals surface area contributed by atoms with Crippen molar-refractivity contribution in [1.29, 1.82) is 0 Å². The Hall–Kier alpha value is -6.30. The zero-order valence-corrected chi connectivity index (χ0v) is 37.1. The van der Waals surface area contributed by atoms with Gasteiger partial charge in [0.2, 0.25) is 17.8 Å². The number of fused-ring (bicyclic) bond motifs is 4. The lowest BCUT2D eigenvalue weighted by Gasteiger charge is -2.46. The minimum absolute atomic E-state index is 0.178. The van der Waals surface area contributed by atoms with E-state index < -0.39 is 23.4 Å². The largest absolute Gasteiger partial charge is 0.384 e. The number of piperidine rings is 2. The van der Waals surface area contributed by atoms with Gasteiger partial charge in [0.05, 0.1) is 17.9 Å². The Bertz CT molecular complexity index is 2880. The topological polar surface area (TPSA) is 174 Å². The van der Waals surface area contributed by atoms with Gasteiger partial charge in [-0.1, -0.05) is 25.1 Å². The fraction of sp³-hybridized carbons (Fsp3) is 0.449. The molecule has 3 fully saturated rings. The fourth-order valence-electron chi connectivity index (χ4n) is 11.2. The summed E-state index contributed by atoms with van der Waals surface area (Å²) in [6, 6.07) is 13.2. The molecule has 1 aliphatic carbocycles. The number of amides is 3. The number of nitrogens with one attached hydrogen (secondary N) is 2. The van der Waals surface area contributed by atoms with Crippen molar-refractivity contribution in [1.82, 2.24) is 44.3 Å². The summed E-state index contributed by atoms with van der Waals surface area (Å²) in [6.07, 6.45) is 8.73. The van der Waals surface area contributed by atoms with Crippen molar-refractivity contribution in [3.8, 4) is 5.82 Å². The number of pyridine rings is 1. The molecule has 8 heterocycles. The minimum atomic E-state index is -1.00. The number of aliphatic hydroxyl groups is 1. The van der Waals surface area contributed by atoms with Crippen molar-refractivity contribution in [2.45, 2.75) is 95.6 Å². The number of benzene rings is 2. The van der Waals surface area contributed by atoms with E-state index in [1.807, 2.05) is 24.0 Å². The second kappa shape index (κ2) is 16.5. The second-order valence-corrected chi connectivity index (χ2v) is 19.0. The fourth-order valence-corrected chi connectivity index (χ4v) is 11.2. The first-order chi connectivity index (χ1) is 32.0. The summed E-state index contributed by atoms with van der Waals surface area (Å²) in [5.41, 5.74) is 5.85. The lowest BCUT2D eigenvalue weighted by atomic mass is 9.93. The molecule has 0 radical (unpaired) electrons. The first-order valence-electron chi connectivity index (χ1n) is 23.4. The molecule has 5 aromatic rings. The van der Waals surface area contributed by atoms with Crippen molar-refractivity contribution in [2.75, 3.05) is 49.5 Å². The van der Waals surface area contributed by atoms with Crippen molar-refractivity contribution in [3.05, 3.63) is 111 Å². The Morgan fingerprint density at radius 3 is 2.55 bits per heavy atom. The molecule has 66 heavy (non-hydrogen) atoms. The van der Waals surface area contributed by atoms with Gasteiger partial charge in [-0.05, 0) is 111 Å². The molecule has 11 rings (SSSR count). The normalized spacial score (nSPS) is 22.7. The van der Waals surface area contributed by atoms with Crippen LogP contribution in [-0.4, -0.2) is 113 Å². The average Bonchev–Trinajstić information content (AvgIpc) is 3.91. The summed E-state index contributed by atoms with van der Waals surface area (Å²) in [5, 5.41) is 17.4. The Kier molecular flexibility index (Phi) is 10.6. The zero-order valence-electron chi connectivity index (χ0n) is 37.1. The van der Waals surface area contributed by atoms with E-state index in [4.69, 9.17) is 9.97 Å². The van der Waals surface area contributed by atoms with E-state index in [0.717, 1.165) is 88.3 Å². The van der Waals surface area contributed by atoms with Crippen molar-refractivity contribution >= 4 is 46.1 Å². The molecule has 3 N–H and O–H groups in total. The molecule has 3 saturated heterocycles. The van der Waals surface area contributed by atoms with Gasteiger partial charge < -0.3 is 25.1 Å². The number of hydrogen-bond donors (Lipinski definition) is 3. The number of imide groups is 1. The highest BCUT2D eigenvalue weighted by Crippen LogP contribution is 2.39. The molecule has 1 unspecified atom stereocenters. The van der Waals surface area contributed by atoms with E-state index in [0.29, 0.717) is 64.5 Å². The van der Waals surface area contributed by atoms with E-state index in [-0.39, 0.29) is 43.3 Å². The maximum atomic E-state index is 15.4. The highest BCUT2D eigenvalue weighted by molar-refractivity contribution is 6.05. The van der Waals surface area contributed by atoms with Crippen LogP contribution in [0.5, 0.6) is 0 Å². The molecular weight excluding hydrogens is 842 g/mol. The molecule has 16 nitrogen and oxygen atoms in total. The van der Waals surface area contributed by atoms with Gasteiger partial charge >= 0.3 is 0 Å². The highest BCUT2D eigenvalue weighted by Gasteiger charge is 2.41. The number of aryl methyl sites for hydroxylation is 1. The van der Waals surface area contributed by atoms with Crippen LogP contribution in [0.1, 0.15) is 83.8 Å². The number of rotatable bonds is 11. The molecule has 0 spiro atoms. The first kappa shape index (κ1) is 42.3. The molecule has 2 aromatic carbocycles. The van der Waals surface area contributed by atoms with Crippen molar-refractivity contribution in [3.63, 3.8) is 0 Å². The van der Waals surface area contributed by atoms with Crippen LogP contribution >= 0.6 is 0 Å². The second-order valence-electron chi connectivity index (χ2n) is 19.0. The van der Waals surface area contributed by atoms with Crippen LogP contribution in [0, 0.1) is 11.7 Å². The lowest BCUT2D eigenvalue weighted by Crippen LogP contribution is -2.54. The number of likely N-dealkylation sites (tertiary alicyclic amines) is 1. The number of carbonyl (C=O) groups excluding carboxylic acids is 3. The van der Waals surface area contributed by atoms with Crippen LogP contribution < -0.4 is 21.1 Å². The molecule has 342 valence electrons. The average molecular weight is 896 g/mol. The molecule has 0 saturated carbocycles. The number of aromatic nitrogens is 5. The van der Waals surface area contributed by atoms with E-state index >= 15 is 4.39 Å². The Morgan fingerprint density at radius 2 is 1.76 bits per heavy atom. The van der Waals surface area contributed by atoms with Gasteiger partial charge in [-0.15, -0.1) is 6.58 Å². The third-order valence-corrected chi connectivity index (χ3v) is 15.0. The van der Waals surface area contributed by atoms with Crippen molar-refractivity contribution < 1.29 is 23.9 Å². The summed E-state index contributed by atoms with van der Waals surface area (Å²) >= 11 is 0. The van der Waals surface area contributed by atoms with E-state index in [9.17, 15) is 24.3 Å². The standard InChI is InChI=1S/C49H54FN11O5/c1-3-16-60-47(65)37-23-51-48(55-44(37)61(60)41-9-6-30-11-15-49(66,4-2)43(30)53-41)52-34-7-5-32-27-57(19-12-31(32)20-34)35-13-17-56(18-14-35)24-29-25-58(26-29)40-21-33-28-59(46(64)36(33)22-38(40)50)39-8-10-42(62)54-45(39)63/h3,5-7,9,20-23,29,35,39,66H,1,4,8,10-19,24-28H2,2H3,(H,51,52,55)(H,54,62,63)/t39?,49-/m1/s1. The summed E-state index contributed by atoms with van der Waals surface area (Å²) in [6.45, 7) is 12.7. The van der Waals surface area contributed by atoms with E-state index in [1.54, 1.807) is 27.7 Å². The third kappa shape index (κ3) is 7.37. The summed E-state index contributed by atoms with van der Waals surface area (Å²) in [7, 11) is 0. The molecule has 3 amide bonds. The van der Waals surface area contributed by atoms with Crippen molar-refractivity contribution in [2.24, 2.45) is 5.92 Å². The molecule has 0 bridgehead atoms. The van der Waals surface area contributed by atoms with Crippen LogP contribution in [0.3, 0.4) is 0 Å². The highest BCUT2D eigenvalue weighted by atomic mass is 19.1. The number of allylic oxidation sites excluding steroid dienone is 1. The number of nitrogens with zero attached hydrogens (tertiary/aromatic N) is 9. The predicted molar refractivity (Wildman–Crippen MR) is 245 cm³/mol. The van der Waals surface area contributed by atoms with Gasteiger partial charge in [-0.3, -0.25) is 29.4 Å². The SMILES string of the molecule is C=CCn1c(=O)c2cnc(Nc3ccc4c(c3)CCN(C3CCN(CC5CN(c6cc7c(cc6F)C(=O)N(C6CCC(=O)NC6=O)C7)C5)CC3)C4)nc2n1-c1ccc2c(n1)[C@@](O)(CC)CC2. The Labute approximate surface area is 381 Å². The Balaban J connectivity index is 0.692. The monoisotopic (exact) mass is 895 g/mol. The Morgan fingerprint density at radius 1 is 0.939 bits per heavy atom. The number of halogens is 1. The number of hydrogen-bond acceptors (Lipinski definition) is 12. The molecule has 5 aliphatic heterocycles.